The number of fused-ring (bicyclic) bond motifs is 1. The highest BCUT2D eigenvalue weighted by molar-refractivity contribution is 5.99. The predicted molar refractivity (Wildman–Crippen MR) is 107 cm³/mol. The molecule has 0 radical (unpaired) electrons. The zero-order valence-corrected chi connectivity index (χ0v) is 15.2. The SMILES string of the molecule is CN=C[C@H]1C[C@@H]1C(=O)Nc1cc2cc(-c3cnccc3C)nc(N)c2cn1. The maximum Gasteiger partial charge on any atom is 0.229 e. The fraction of sp³-hybridized carbons (Fsp3) is 0.250. The van der Waals surface area contributed by atoms with Crippen LogP contribution in [0.5, 0.6) is 0 Å². The van der Waals surface area contributed by atoms with Crippen LogP contribution in [0.25, 0.3) is 22.0 Å². The van der Waals surface area contributed by atoms with E-state index in [-0.39, 0.29) is 17.7 Å². The van der Waals surface area contributed by atoms with Crippen LogP contribution in [0.2, 0.25) is 0 Å². The Bertz CT molecular complexity index is 1060. The lowest BCUT2D eigenvalue weighted by molar-refractivity contribution is -0.117. The van der Waals surface area contributed by atoms with Gasteiger partial charge in [-0.1, -0.05) is 0 Å². The van der Waals surface area contributed by atoms with Crippen LogP contribution >= 0.6 is 0 Å². The van der Waals surface area contributed by atoms with Crippen LogP contribution in [0.15, 0.2) is 41.8 Å². The largest absolute Gasteiger partial charge is 0.383 e. The molecule has 0 spiro atoms. The third kappa shape index (κ3) is 3.36. The highest BCUT2D eigenvalue weighted by Gasteiger charge is 2.41. The molecule has 1 aliphatic carbocycles. The van der Waals surface area contributed by atoms with E-state index >= 15 is 0 Å². The van der Waals surface area contributed by atoms with Crippen LogP contribution in [0.1, 0.15) is 12.0 Å². The molecule has 1 saturated carbocycles. The average molecular weight is 360 g/mol. The number of aromatic nitrogens is 3. The number of amides is 1. The number of hydrogen-bond acceptors (Lipinski definition) is 6. The van der Waals surface area contributed by atoms with E-state index in [0.717, 1.165) is 34.0 Å². The summed E-state index contributed by atoms with van der Waals surface area (Å²) in [5.41, 5.74) is 8.87. The van der Waals surface area contributed by atoms with Gasteiger partial charge in [-0.2, -0.15) is 0 Å². The van der Waals surface area contributed by atoms with E-state index in [2.05, 4.69) is 25.3 Å². The molecule has 4 rings (SSSR count). The molecular formula is C20H20N6O. The zero-order chi connectivity index (χ0) is 19.0. The molecule has 2 atom stereocenters. The second-order valence-corrected chi connectivity index (χ2v) is 6.78. The first kappa shape index (κ1) is 17.1. The lowest BCUT2D eigenvalue weighted by atomic mass is 10.1. The molecular weight excluding hydrogens is 340 g/mol. The van der Waals surface area contributed by atoms with E-state index in [1.165, 1.54) is 0 Å². The number of pyridine rings is 3. The second-order valence-electron chi connectivity index (χ2n) is 6.78. The minimum absolute atomic E-state index is 0.0256. The van der Waals surface area contributed by atoms with Crippen LogP contribution in [0.4, 0.5) is 11.6 Å². The molecule has 136 valence electrons. The Morgan fingerprint density at radius 1 is 1.37 bits per heavy atom. The van der Waals surface area contributed by atoms with E-state index in [4.69, 9.17) is 5.73 Å². The van der Waals surface area contributed by atoms with E-state index in [0.29, 0.717) is 11.6 Å². The van der Waals surface area contributed by atoms with Gasteiger partial charge in [-0.05, 0) is 42.5 Å². The Morgan fingerprint density at radius 3 is 3.00 bits per heavy atom. The lowest BCUT2D eigenvalue weighted by Crippen LogP contribution is -2.16. The Hall–Kier alpha value is -3.35. The Kier molecular flexibility index (Phi) is 4.27. The number of nitrogens with two attached hydrogens (primary N) is 1. The molecule has 0 unspecified atom stereocenters. The van der Waals surface area contributed by atoms with Crippen LogP contribution in [-0.4, -0.2) is 34.1 Å². The molecule has 1 amide bonds. The number of nitrogen functional groups attached to an aromatic ring is 1. The first-order valence-corrected chi connectivity index (χ1v) is 8.77. The topological polar surface area (TPSA) is 106 Å². The molecule has 3 aromatic heterocycles. The first-order chi connectivity index (χ1) is 13.1. The van der Waals surface area contributed by atoms with Crippen molar-refractivity contribution < 1.29 is 4.79 Å². The average Bonchev–Trinajstić information content (AvgIpc) is 3.41. The van der Waals surface area contributed by atoms with Gasteiger partial charge >= 0.3 is 0 Å². The van der Waals surface area contributed by atoms with Gasteiger partial charge in [-0.25, -0.2) is 9.97 Å². The number of hydrogen-bond donors (Lipinski definition) is 2. The standard InChI is InChI=1S/C20H20N6O/c1-11-3-4-23-9-15(11)17-6-12-7-18(24-10-16(12)19(21)25-17)26-20(27)14-5-13(14)8-22-2/h3-4,6-10,13-14H,5H2,1-2H3,(H2,21,25)(H,24,26,27)/t13-,14+/m1/s1. The maximum absolute atomic E-state index is 12.3. The lowest BCUT2D eigenvalue weighted by Gasteiger charge is -2.10. The monoisotopic (exact) mass is 360 g/mol. The van der Waals surface area contributed by atoms with E-state index in [1.54, 1.807) is 25.6 Å². The Labute approximate surface area is 156 Å². The van der Waals surface area contributed by atoms with Crippen molar-refractivity contribution in [3.05, 3.63) is 42.4 Å². The predicted octanol–water partition coefficient (Wildman–Crippen LogP) is 2.86. The molecule has 0 aliphatic heterocycles. The quantitative estimate of drug-likeness (QED) is 0.696. The number of carbonyl (C=O) groups is 1. The number of nitrogens with zero attached hydrogens (tertiary/aromatic N) is 4. The van der Waals surface area contributed by atoms with Crippen LogP contribution < -0.4 is 11.1 Å². The number of aliphatic imine (C=N–C) groups is 1. The van der Waals surface area contributed by atoms with Gasteiger partial charge in [-0.15, -0.1) is 0 Å². The van der Waals surface area contributed by atoms with Gasteiger partial charge in [0.15, 0.2) is 0 Å². The number of aryl methyl sites for hydroxylation is 1. The van der Waals surface area contributed by atoms with Gasteiger partial charge < -0.3 is 16.0 Å². The molecule has 0 aromatic carbocycles. The molecule has 0 bridgehead atoms. The molecule has 7 nitrogen and oxygen atoms in total. The number of anilines is 2. The van der Waals surface area contributed by atoms with Gasteiger partial charge in [0, 0.05) is 54.6 Å². The van der Waals surface area contributed by atoms with Crippen molar-refractivity contribution in [1.29, 1.82) is 0 Å². The normalized spacial score (nSPS) is 18.7. The summed E-state index contributed by atoms with van der Waals surface area (Å²) in [6, 6.07) is 5.70. The fourth-order valence-electron chi connectivity index (χ4n) is 3.20. The second kappa shape index (κ2) is 6.75. The summed E-state index contributed by atoms with van der Waals surface area (Å²) in [7, 11) is 1.72. The number of carbonyl (C=O) groups excluding carboxylic acids is 1. The highest BCUT2D eigenvalue weighted by atomic mass is 16.2. The van der Waals surface area contributed by atoms with Crippen LogP contribution in [-0.2, 0) is 4.79 Å². The summed E-state index contributed by atoms with van der Waals surface area (Å²) < 4.78 is 0. The molecule has 27 heavy (non-hydrogen) atoms. The third-order valence-electron chi connectivity index (χ3n) is 4.83. The molecule has 3 aromatic rings. The number of nitrogens with one attached hydrogen (secondary N) is 1. The van der Waals surface area contributed by atoms with E-state index in [1.807, 2.05) is 31.3 Å². The smallest absolute Gasteiger partial charge is 0.229 e. The summed E-state index contributed by atoms with van der Waals surface area (Å²) in [5.74, 6) is 1.08. The van der Waals surface area contributed by atoms with Gasteiger partial charge in [0.05, 0.1) is 5.69 Å². The minimum Gasteiger partial charge on any atom is -0.383 e. The summed E-state index contributed by atoms with van der Waals surface area (Å²) in [5, 5.41) is 4.51. The van der Waals surface area contributed by atoms with Gasteiger partial charge in [0.25, 0.3) is 0 Å². The summed E-state index contributed by atoms with van der Waals surface area (Å²) in [6.45, 7) is 2.00. The Balaban J connectivity index is 1.65. The molecule has 0 saturated heterocycles. The maximum atomic E-state index is 12.3. The van der Waals surface area contributed by atoms with Crippen molar-refractivity contribution in [3.63, 3.8) is 0 Å². The number of rotatable bonds is 4. The van der Waals surface area contributed by atoms with E-state index in [9.17, 15) is 4.79 Å². The molecule has 3 heterocycles. The fourth-order valence-corrected chi connectivity index (χ4v) is 3.20. The molecule has 1 fully saturated rings. The van der Waals surface area contributed by atoms with Gasteiger partial charge in [0.1, 0.15) is 11.6 Å². The van der Waals surface area contributed by atoms with Gasteiger partial charge in [0.2, 0.25) is 5.91 Å². The summed E-state index contributed by atoms with van der Waals surface area (Å²) >= 11 is 0. The third-order valence-corrected chi connectivity index (χ3v) is 4.83. The van der Waals surface area contributed by atoms with Crippen molar-refractivity contribution in [2.45, 2.75) is 13.3 Å². The molecule has 1 aliphatic rings. The summed E-state index contributed by atoms with van der Waals surface area (Å²) in [4.78, 5) is 29.3. The van der Waals surface area contributed by atoms with Crippen LogP contribution in [0, 0.1) is 18.8 Å². The summed E-state index contributed by atoms with van der Waals surface area (Å²) in [6.07, 6.45) is 7.82. The minimum atomic E-state index is -0.0305. The van der Waals surface area contributed by atoms with E-state index < -0.39 is 0 Å². The molecule has 3 N–H and O–H groups in total. The Morgan fingerprint density at radius 2 is 2.22 bits per heavy atom. The van der Waals surface area contributed by atoms with Crippen molar-refractivity contribution in [3.8, 4) is 11.3 Å². The molecule has 7 heteroatoms. The first-order valence-electron chi connectivity index (χ1n) is 8.77. The zero-order valence-electron chi connectivity index (χ0n) is 15.2. The van der Waals surface area contributed by atoms with Crippen molar-refractivity contribution in [2.24, 2.45) is 16.8 Å². The van der Waals surface area contributed by atoms with Crippen molar-refractivity contribution in [1.82, 2.24) is 15.0 Å². The highest BCUT2D eigenvalue weighted by Crippen LogP contribution is 2.38. The van der Waals surface area contributed by atoms with Crippen molar-refractivity contribution in [2.75, 3.05) is 18.1 Å². The van der Waals surface area contributed by atoms with Gasteiger partial charge in [-0.3, -0.25) is 9.78 Å². The van der Waals surface area contributed by atoms with Crippen molar-refractivity contribution >= 4 is 34.5 Å². The van der Waals surface area contributed by atoms with Crippen LogP contribution in [0.3, 0.4) is 0 Å².